The van der Waals surface area contributed by atoms with Crippen LogP contribution in [0.4, 0.5) is 5.69 Å². The van der Waals surface area contributed by atoms with Crippen molar-refractivity contribution in [2.45, 2.75) is 19.4 Å². The van der Waals surface area contributed by atoms with E-state index in [2.05, 4.69) is 9.88 Å². The highest BCUT2D eigenvalue weighted by Gasteiger charge is 2.23. The van der Waals surface area contributed by atoms with Crippen molar-refractivity contribution in [1.82, 2.24) is 14.8 Å². The zero-order valence-corrected chi connectivity index (χ0v) is 15.4. The number of amides is 2. The number of carbonyl (C=O) groups is 2. The van der Waals surface area contributed by atoms with Crippen molar-refractivity contribution in [2.24, 2.45) is 0 Å². The Morgan fingerprint density at radius 2 is 1.63 bits per heavy atom. The van der Waals surface area contributed by atoms with Crippen molar-refractivity contribution in [2.75, 3.05) is 37.6 Å². The SMILES string of the molecule is O=C1CCCN1Cc1ccc(C(=O)N2CCN(c3ccncc3)CC2)cc1. The van der Waals surface area contributed by atoms with Crippen molar-refractivity contribution >= 4 is 17.5 Å². The Morgan fingerprint density at radius 3 is 2.26 bits per heavy atom. The average Bonchev–Trinajstić information content (AvgIpc) is 3.13. The van der Waals surface area contributed by atoms with Gasteiger partial charge in [0.2, 0.25) is 5.91 Å². The third-order valence-electron chi connectivity index (χ3n) is 5.34. The number of aromatic nitrogens is 1. The minimum atomic E-state index is 0.0770. The minimum absolute atomic E-state index is 0.0770. The summed E-state index contributed by atoms with van der Waals surface area (Å²) in [4.78, 5) is 34.7. The lowest BCUT2D eigenvalue weighted by molar-refractivity contribution is -0.128. The van der Waals surface area contributed by atoms with Crippen LogP contribution in [0.3, 0.4) is 0 Å². The van der Waals surface area contributed by atoms with Crippen LogP contribution in [-0.4, -0.2) is 59.3 Å². The van der Waals surface area contributed by atoms with Crippen LogP contribution in [-0.2, 0) is 11.3 Å². The molecule has 2 aliphatic heterocycles. The van der Waals surface area contributed by atoms with Gasteiger partial charge in [0.1, 0.15) is 0 Å². The molecule has 0 saturated carbocycles. The molecule has 140 valence electrons. The van der Waals surface area contributed by atoms with Gasteiger partial charge in [-0.1, -0.05) is 12.1 Å². The van der Waals surface area contributed by atoms with Crippen LogP contribution in [0.15, 0.2) is 48.8 Å². The van der Waals surface area contributed by atoms with E-state index in [0.29, 0.717) is 31.6 Å². The Kier molecular flexibility index (Phi) is 5.05. The molecule has 6 heteroatoms. The average molecular weight is 364 g/mol. The second-order valence-corrected chi connectivity index (χ2v) is 7.10. The van der Waals surface area contributed by atoms with E-state index in [1.54, 1.807) is 12.4 Å². The summed E-state index contributed by atoms with van der Waals surface area (Å²) in [7, 11) is 0. The molecule has 0 N–H and O–H groups in total. The fourth-order valence-electron chi connectivity index (χ4n) is 3.75. The number of hydrogen-bond acceptors (Lipinski definition) is 4. The van der Waals surface area contributed by atoms with Crippen molar-refractivity contribution in [1.29, 1.82) is 0 Å². The Hall–Kier alpha value is -2.89. The van der Waals surface area contributed by atoms with E-state index < -0.39 is 0 Å². The monoisotopic (exact) mass is 364 g/mol. The summed E-state index contributed by atoms with van der Waals surface area (Å²) in [6.07, 6.45) is 5.19. The van der Waals surface area contributed by atoms with E-state index >= 15 is 0 Å². The molecule has 0 radical (unpaired) electrons. The van der Waals surface area contributed by atoms with Gasteiger partial charge < -0.3 is 14.7 Å². The van der Waals surface area contributed by atoms with Crippen LogP contribution >= 0.6 is 0 Å². The summed E-state index contributed by atoms with van der Waals surface area (Å²) >= 11 is 0. The topological polar surface area (TPSA) is 56.8 Å². The van der Waals surface area contributed by atoms with Crippen molar-refractivity contribution < 1.29 is 9.59 Å². The van der Waals surface area contributed by atoms with Crippen LogP contribution in [0.5, 0.6) is 0 Å². The van der Waals surface area contributed by atoms with E-state index in [1.165, 1.54) is 0 Å². The lowest BCUT2D eigenvalue weighted by atomic mass is 10.1. The highest BCUT2D eigenvalue weighted by atomic mass is 16.2. The number of hydrogen-bond donors (Lipinski definition) is 0. The first kappa shape index (κ1) is 17.5. The maximum absolute atomic E-state index is 12.8. The third-order valence-corrected chi connectivity index (χ3v) is 5.34. The first-order valence-electron chi connectivity index (χ1n) is 9.52. The molecular formula is C21H24N4O2. The first-order chi connectivity index (χ1) is 13.2. The maximum atomic E-state index is 12.8. The predicted molar refractivity (Wildman–Crippen MR) is 103 cm³/mol. The van der Waals surface area contributed by atoms with Gasteiger partial charge >= 0.3 is 0 Å². The van der Waals surface area contributed by atoms with Gasteiger partial charge in [0.25, 0.3) is 5.91 Å². The zero-order chi connectivity index (χ0) is 18.6. The van der Waals surface area contributed by atoms with Gasteiger partial charge in [0.15, 0.2) is 0 Å². The normalized spacial score (nSPS) is 17.5. The van der Waals surface area contributed by atoms with E-state index in [1.807, 2.05) is 46.2 Å². The fourth-order valence-corrected chi connectivity index (χ4v) is 3.75. The van der Waals surface area contributed by atoms with Crippen molar-refractivity contribution in [3.63, 3.8) is 0 Å². The number of rotatable bonds is 4. The number of benzene rings is 1. The molecule has 0 aliphatic carbocycles. The molecular weight excluding hydrogens is 340 g/mol. The zero-order valence-electron chi connectivity index (χ0n) is 15.4. The molecule has 4 rings (SSSR count). The summed E-state index contributed by atoms with van der Waals surface area (Å²) < 4.78 is 0. The van der Waals surface area contributed by atoms with Crippen molar-refractivity contribution in [3.8, 4) is 0 Å². The summed E-state index contributed by atoms with van der Waals surface area (Å²) in [6, 6.07) is 11.7. The van der Waals surface area contributed by atoms with E-state index in [0.717, 1.165) is 37.3 Å². The molecule has 0 unspecified atom stereocenters. The summed E-state index contributed by atoms with van der Waals surface area (Å²) in [5.74, 6) is 0.301. The van der Waals surface area contributed by atoms with Gasteiger partial charge in [-0.2, -0.15) is 0 Å². The molecule has 2 amide bonds. The lowest BCUT2D eigenvalue weighted by Crippen LogP contribution is -2.48. The number of piperazine rings is 1. The molecule has 1 aromatic carbocycles. The Bertz CT molecular complexity index is 799. The van der Waals surface area contributed by atoms with Crippen LogP contribution in [0.25, 0.3) is 0 Å². The van der Waals surface area contributed by atoms with E-state index in [9.17, 15) is 9.59 Å². The maximum Gasteiger partial charge on any atom is 0.253 e. The van der Waals surface area contributed by atoms with E-state index in [-0.39, 0.29) is 11.8 Å². The molecule has 0 bridgehead atoms. The fraction of sp³-hybridized carbons (Fsp3) is 0.381. The number of anilines is 1. The standard InChI is InChI=1S/C21H24N4O2/c26-20-2-1-11-25(20)16-17-3-5-18(6-4-17)21(27)24-14-12-23(13-15-24)19-7-9-22-10-8-19/h3-10H,1-2,11-16H2. The van der Waals surface area contributed by atoms with Gasteiger partial charge in [-0.25, -0.2) is 0 Å². The first-order valence-corrected chi connectivity index (χ1v) is 9.52. The molecule has 2 aliphatic rings. The molecule has 3 heterocycles. The predicted octanol–water partition coefficient (Wildman–Crippen LogP) is 2.17. The molecule has 0 atom stereocenters. The van der Waals surface area contributed by atoms with Crippen molar-refractivity contribution in [3.05, 3.63) is 59.9 Å². The highest BCUT2D eigenvalue weighted by molar-refractivity contribution is 5.94. The second-order valence-electron chi connectivity index (χ2n) is 7.10. The lowest BCUT2D eigenvalue weighted by Gasteiger charge is -2.36. The molecule has 0 spiro atoms. The van der Waals surface area contributed by atoms with Gasteiger partial charge in [0, 0.05) is 69.3 Å². The van der Waals surface area contributed by atoms with Gasteiger partial charge in [-0.05, 0) is 36.2 Å². The Labute approximate surface area is 159 Å². The quantitative estimate of drug-likeness (QED) is 0.834. The van der Waals surface area contributed by atoms with Crippen LogP contribution in [0, 0.1) is 0 Å². The molecule has 6 nitrogen and oxygen atoms in total. The minimum Gasteiger partial charge on any atom is -0.368 e. The molecule has 27 heavy (non-hydrogen) atoms. The third kappa shape index (κ3) is 3.94. The van der Waals surface area contributed by atoms with Crippen LogP contribution < -0.4 is 4.90 Å². The highest BCUT2D eigenvalue weighted by Crippen LogP contribution is 2.18. The molecule has 2 fully saturated rings. The Morgan fingerprint density at radius 1 is 0.926 bits per heavy atom. The smallest absolute Gasteiger partial charge is 0.253 e. The second kappa shape index (κ2) is 7.78. The Balaban J connectivity index is 1.34. The molecule has 1 aromatic heterocycles. The number of nitrogens with zero attached hydrogens (tertiary/aromatic N) is 4. The van der Waals surface area contributed by atoms with Gasteiger partial charge in [0.05, 0.1) is 0 Å². The summed E-state index contributed by atoms with van der Waals surface area (Å²) in [5.41, 5.74) is 2.94. The summed E-state index contributed by atoms with van der Waals surface area (Å²) in [6.45, 7) is 4.55. The van der Waals surface area contributed by atoms with E-state index in [4.69, 9.17) is 0 Å². The van der Waals surface area contributed by atoms with Gasteiger partial charge in [-0.15, -0.1) is 0 Å². The molecule has 2 aromatic rings. The van der Waals surface area contributed by atoms with Crippen LogP contribution in [0.1, 0.15) is 28.8 Å². The number of likely N-dealkylation sites (tertiary alicyclic amines) is 1. The number of carbonyl (C=O) groups excluding carboxylic acids is 2. The van der Waals surface area contributed by atoms with Gasteiger partial charge in [-0.3, -0.25) is 14.6 Å². The number of pyridine rings is 1. The summed E-state index contributed by atoms with van der Waals surface area (Å²) in [5, 5.41) is 0. The largest absolute Gasteiger partial charge is 0.368 e. The van der Waals surface area contributed by atoms with Crippen LogP contribution in [0.2, 0.25) is 0 Å². The molecule has 2 saturated heterocycles.